The molecule has 0 bridgehead atoms. The first-order valence-corrected chi connectivity index (χ1v) is 7.25. The molecule has 0 radical (unpaired) electrons. The molecule has 0 aromatic carbocycles. The van der Waals surface area contributed by atoms with Gasteiger partial charge in [0.2, 0.25) is 0 Å². The highest BCUT2D eigenvalue weighted by Crippen LogP contribution is 2.19. The fraction of sp³-hybridized carbons (Fsp3) is 0.600. The van der Waals surface area contributed by atoms with E-state index in [9.17, 15) is 0 Å². The lowest BCUT2D eigenvalue weighted by Gasteiger charge is -2.12. The van der Waals surface area contributed by atoms with Crippen LogP contribution in [0, 0.1) is 13.8 Å². The van der Waals surface area contributed by atoms with Gasteiger partial charge in [0.1, 0.15) is 5.76 Å². The van der Waals surface area contributed by atoms with Gasteiger partial charge in [-0.05, 0) is 39.5 Å². The maximum atomic E-state index is 5.15. The standard InChI is InChI=1S/C15H24N4O.HI/c1-11-14(12(2)20-19-11)10-18-15(16-3)17-9-8-13-6-4-5-7-13;/h6H,4-5,7-10H2,1-3H3,(H2,16,17,18);1H. The molecule has 1 heterocycles. The lowest BCUT2D eigenvalue weighted by Crippen LogP contribution is -2.37. The molecule has 0 saturated carbocycles. The van der Waals surface area contributed by atoms with Gasteiger partial charge in [-0.2, -0.15) is 0 Å². The highest BCUT2D eigenvalue weighted by Gasteiger charge is 2.09. The second kappa shape index (κ2) is 9.07. The van der Waals surface area contributed by atoms with Crippen molar-refractivity contribution in [1.82, 2.24) is 15.8 Å². The zero-order valence-corrected chi connectivity index (χ0v) is 15.4. The largest absolute Gasteiger partial charge is 0.361 e. The third-order valence-corrected chi connectivity index (χ3v) is 3.71. The number of aryl methyl sites for hydroxylation is 2. The summed E-state index contributed by atoms with van der Waals surface area (Å²) >= 11 is 0. The molecule has 21 heavy (non-hydrogen) atoms. The Morgan fingerprint density at radius 3 is 2.76 bits per heavy atom. The number of hydrogen-bond donors (Lipinski definition) is 2. The second-order valence-corrected chi connectivity index (χ2v) is 5.16. The fourth-order valence-electron chi connectivity index (χ4n) is 2.45. The van der Waals surface area contributed by atoms with Gasteiger partial charge in [0.25, 0.3) is 0 Å². The van der Waals surface area contributed by atoms with Crippen LogP contribution in [0.2, 0.25) is 0 Å². The Kier molecular flexibility index (Phi) is 7.77. The highest BCUT2D eigenvalue weighted by atomic mass is 127. The summed E-state index contributed by atoms with van der Waals surface area (Å²) < 4.78 is 5.15. The smallest absolute Gasteiger partial charge is 0.191 e. The van der Waals surface area contributed by atoms with Crippen molar-refractivity contribution in [2.75, 3.05) is 13.6 Å². The average molecular weight is 404 g/mol. The Hall–Kier alpha value is -1.05. The topological polar surface area (TPSA) is 62.5 Å². The van der Waals surface area contributed by atoms with Crippen molar-refractivity contribution in [1.29, 1.82) is 0 Å². The molecular weight excluding hydrogens is 379 g/mol. The van der Waals surface area contributed by atoms with Gasteiger partial charge in [-0.25, -0.2) is 0 Å². The number of nitrogens with zero attached hydrogens (tertiary/aromatic N) is 2. The molecule has 2 N–H and O–H groups in total. The molecule has 118 valence electrons. The van der Waals surface area contributed by atoms with Gasteiger partial charge in [-0.3, -0.25) is 4.99 Å². The van der Waals surface area contributed by atoms with Gasteiger partial charge in [-0.1, -0.05) is 16.8 Å². The van der Waals surface area contributed by atoms with E-state index in [0.29, 0.717) is 6.54 Å². The predicted molar refractivity (Wildman–Crippen MR) is 96.1 cm³/mol. The molecule has 0 aliphatic heterocycles. The summed E-state index contributed by atoms with van der Waals surface area (Å²) in [6.45, 7) is 5.49. The average Bonchev–Trinajstić information content (AvgIpc) is 3.06. The third-order valence-electron chi connectivity index (χ3n) is 3.71. The maximum Gasteiger partial charge on any atom is 0.191 e. The summed E-state index contributed by atoms with van der Waals surface area (Å²) in [4.78, 5) is 4.23. The van der Waals surface area contributed by atoms with Crippen LogP contribution in [0.25, 0.3) is 0 Å². The Morgan fingerprint density at radius 1 is 1.38 bits per heavy atom. The van der Waals surface area contributed by atoms with Crippen LogP contribution < -0.4 is 10.6 Å². The molecule has 5 nitrogen and oxygen atoms in total. The summed E-state index contributed by atoms with van der Waals surface area (Å²) in [5, 5.41) is 10.6. The SMILES string of the molecule is CN=C(NCCC1=CCCC1)NCc1c(C)noc1C.I. The van der Waals surface area contributed by atoms with Crippen molar-refractivity contribution in [2.24, 2.45) is 4.99 Å². The van der Waals surface area contributed by atoms with Crippen molar-refractivity contribution in [2.45, 2.75) is 46.1 Å². The van der Waals surface area contributed by atoms with E-state index in [2.05, 4.69) is 26.9 Å². The van der Waals surface area contributed by atoms with Gasteiger partial charge in [0, 0.05) is 25.7 Å². The van der Waals surface area contributed by atoms with Gasteiger partial charge in [0.15, 0.2) is 5.96 Å². The van der Waals surface area contributed by atoms with Crippen LogP contribution >= 0.6 is 24.0 Å². The Balaban J connectivity index is 0.00000220. The molecular formula is C15H25IN4O. The molecule has 0 saturated heterocycles. The fourth-order valence-corrected chi connectivity index (χ4v) is 2.45. The van der Waals surface area contributed by atoms with Crippen molar-refractivity contribution in [3.8, 4) is 0 Å². The number of aromatic nitrogens is 1. The number of guanidine groups is 1. The van der Waals surface area contributed by atoms with Gasteiger partial charge in [-0.15, -0.1) is 24.0 Å². The molecule has 1 aliphatic carbocycles. The van der Waals surface area contributed by atoms with E-state index < -0.39 is 0 Å². The van der Waals surface area contributed by atoms with Crippen LogP contribution in [0.3, 0.4) is 0 Å². The maximum absolute atomic E-state index is 5.15. The molecule has 0 amide bonds. The molecule has 1 aromatic heterocycles. The Bertz CT molecular complexity index is 488. The lowest BCUT2D eigenvalue weighted by molar-refractivity contribution is 0.392. The number of aliphatic imine (C=N–C) groups is 1. The monoisotopic (exact) mass is 404 g/mol. The molecule has 0 spiro atoms. The van der Waals surface area contributed by atoms with E-state index in [1.54, 1.807) is 12.6 Å². The van der Waals surface area contributed by atoms with Crippen molar-refractivity contribution < 1.29 is 4.52 Å². The minimum Gasteiger partial charge on any atom is -0.361 e. The zero-order chi connectivity index (χ0) is 14.4. The van der Waals surface area contributed by atoms with Crippen molar-refractivity contribution >= 4 is 29.9 Å². The van der Waals surface area contributed by atoms with E-state index in [1.807, 2.05) is 13.8 Å². The van der Waals surface area contributed by atoms with E-state index in [1.165, 1.54) is 19.3 Å². The summed E-state index contributed by atoms with van der Waals surface area (Å²) in [6, 6.07) is 0. The third kappa shape index (κ3) is 5.33. The molecule has 1 aromatic rings. The lowest BCUT2D eigenvalue weighted by atomic mass is 10.2. The van der Waals surface area contributed by atoms with Crippen LogP contribution in [-0.4, -0.2) is 24.7 Å². The minimum absolute atomic E-state index is 0. The molecule has 0 unspecified atom stereocenters. The van der Waals surface area contributed by atoms with Gasteiger partial charge < -0.3 is 15.2 Å². The van der Waals surface area contributed by atoms with E-state index >= 15 is 0 Å². The number of hydrogen-bond acceptors (Lipinski definition) is 3. The van der Waals surface area contributed by atoms with Crippen LogP contribution in [-0.2, 0) is 6.54 Å². The first kappa shape index (κ1) is 18.0. The minimum atomic E-state index is 0. The Morgan fingerprint density at radius 2 is 2.19 bits per heavy atom. The summed E-state index contributed by atoms with van der Waals surface area (Å²) in [5.41, 5.74) is 3.60. The molecule has 6 heteroatoms. The molecule has 0 atom stereocenters. The number of halogens is 1. The Labute approximate surface area is 143 Å². The second-order valence-electron chi connectivity index (χ2n) is 5.16. The van der Waals surface area contributed by atoms with E-state index in [0.717, 1.165) is 35.9 Å². The first-order chi connectivity index (χ1) is 9.70. The number of rotatable bonds is 5. The molecule has 0 fully saturated rings. The van der Waals surface area contributed by atoms with Gasteiger partial charge >= 0.3 is 0 Å². The van der Waals surface area contributed by atoms with E-state index in [4.69, 9.17) is 4.52 Å². The predicted octanol–water partition coefficient (Wildman–Crippen LogP) is 3.07. The normalized spacial score (nSPS) is 14.6. The molecule has 1 aliphatic rings. The van der Waals surface area contributed by atoms with Crippen molar-refractivity contribution in [3.63, 3.8) is 0 Å². The number of nitrogens with one attached hydrogen (secondary N) is 2. The van der Waals surface area contributed by atoms with Gasteiger partial charge in [0.05, 0.1) is 5.69 Å². The van der Waals surface area contributed by atoms with Crippen LogP contribution in [0.5, 0.6) is 0 Å². The first-order valence-electron chi connectivity index (χ1n) is 7.25. The summed E-state index contributed by atoms with van der Waals surface area (Å²) in [5.74, 6) is 1.69. The van der Waals surface area contributed by atoms with Crippen LogP contribution in [0.4, 0.5) is 0 Å². The zero-order valence-electron chi connectivity index (χ0n) is 13.0. The van der Waals surface area contributed by atoms with Crippen molar-refractivity contribution in [3.05, 3.63) is 28.7 Å². The van der Waals surface area contributed by atoms with Crippen LogP contribution in [0.1, 0.15) is 42.7 Å². The van der Waals surface area contributed by atoms with E-state index in [-0.39, 0.29) is 24.0 Å². The number of allylic oxidation sites excluding steroid dienone is 1. The quantitative estimate of drug-likeness (QED) is 0.343. The summed E-state index contributed by atoms with van der Waals surface area (Å²) in [6.07, 6.45) is 7.28. The highest BCUT2D eigenvalue weighted by molar-refractivity contribution is 14.0. The molecule has 2 rings (SSSR count). The van der Waals surface area contributed by atoms with Crippen LogP contribution in [0.15, 0.2) is 21.2 Å². The summed E-state index contributed by atoms with van der Waals surface area (Å²) in [7, 11) is 1.79.